The molecule has 0 radical (unpaired) electrons. The zero-order valence-corrected chi connectivity index (χ0v) is 8.97. The second kappa shape index (κ2) is 4.48. The lowest BCUT2D eigenvalue weighted by Gasteiger charge is -2.14. The van der Waals surface area contributed by atoms with Gasteiger partial charge in [-0.1, -0.05) is 6.07 Å². The summed E-state index contributed by atoms with van der Waals surface area (Å²) in [6, 6.07) is 3.97. The monoisotopic (exact) mass is 238 g/mol. The smallest absolute Gasteiger partial charge is 0.308 e. The predicted octanol–water partition coefficient (Wildman–Crippen LogP) is 0.767. The normalized spacial score (nSPS) is 19.4. The summed E-state index contributed by atoms with van der Waals surface area (Å²) >= 11 is 0. The van der Waals surface area contributed by atoms with Gasteiger partial charge >= 0.3 is 5.97 Å². The molecule has 2 heterocycles. The van der Waals surface area contributed by atoms with Gasteiger partial charge in [-0.3, -0.25) is 9.59 Å². The maximum absolute atomic E-state index is 12.8. The van der Waals surface area contributed by atoms with Crippen LogP contribution in [0.15, 0.2) is 18.2 Å². The maximum atomic E-state index is 12.8. The fourth-order valence-electron chi connectivity index (χ4n) is 1.84. The molecule has 0 aliphatic carbocycles. The lowest BCUT2D eigenvalue weighted by atomic mass is 10.1. The Morgan fingerprint density at radius 1 is 1.47 bits per heavy atom. The van der Waals surface area contributed by atoms with E-state index in [1.807, 2.05) is 0 Å². The van der Waals surface area contributed by atoms with Gasteiger partial charge < -0.3 is 10.0 Å². The predicted molar refractivity (Wildman–Crippen MR) is 55.8 cm³/mol. The molecule has 1 fully saturated rings. The number of halogens is 1. The van der Waals surface area contributed by atoms with Gasteiger partial charge in [0.1, 0.15) is 5.69 Å². The van der Waals surface area contributed by atoms with Crippen LogP contribution in [0.4, 0.5) is 4.39 Å². The van der Waals surface area contributed by atoms with Crippen molar-refractivity contribution in [2.24, 2.45) is 5.92 Å². The van der Waals surface area contributed by atoms with Crippen molar-refractivity contribution in [2.45, 2.75) is 6.42 Å². The van der Waals surface area contributed by atoms with Crippen molar-refractivity contribution in [3.8, 4) is 0 Å². The van der Waals surface area contributed by atoms with Gasteiger partial charge in [0.25, 0.3) is 5.91 Å². The molecule has 2 rings (SSSR count). The van der Waals surface area contributed by atoms with E-state index in [9.17, 15) is 14.0 Å². The van der Waals surface area contributed by atoms with Crippen LogP contribution in [-0.2, 0) is 4.79 Å². The number of carbonyl (C=O) groups excluding carboxylic acids is 1. The van der Waals surface area contributed by atoms with Gasteiger partial charge in [-0.25, -0.2) is 4.98 Å². The molecule has 90 valence electrons. The Labute approximate surface area is 96.9 Å². The van der Waals surface area contributed by atoms with Gasteiger partial charge in [0, 0.05) is 13.1 Å². The Hall–Kier alpha value is -1.98. The molecule has 1 N–H and O–H groups in total. The number of rotatable bonds is 2. The van der Waals surface area contributed by atoms with Crippen molar-refractivity contribution in [3.63, 3.8) is 0 Å². The van der Waals surface area contributed by atoms with Crippen LogP contribution in [-0.4, -0.2) is 40.0 Å². The first-order valence-corrected chi connectivity index (χ1v) is 5.22. The Bertz CT molecular complexity index is 464. The second-order valence-electron chi connectivity index (χ2n) is 3.92. The van der Waals surface area contributed by atoms with Crippen molar-refractivity contribution < 1.29 is 19.1 Å². The van der Waals surface area contributed by atoms with Gasteiger partial charge in [-0.2, -0.15) is 4.39 Å². The number of aromatic nitrogens is 1. The van der Waals surface area contributed by atoms with Crippen molar-refractivity contribution >= 4 is 11.9 Å². The molecule has 0 aromatic carbocycles. The molecule has 6 heteroatoms. The quantitative estimate of drug-likeness (QED) is 0.772. The topological polar surface area (TPSA) is 70.5 Å². The average Bonchev–Trinajstić information content (AvgIpc) is 2.77. The van der Waals surface area contributed by atoms with Crippen molar-refractivity contribution in [1.29, 1.82) is 0 Å². The van der Waals surface area contributed by atoms with Gasteiger partial charge in [0.05, 0.1) is 5.92 Å². The van der Waals surface area contributed by atoms with Crippen LogP contribution in [0, 0.1) is 11.9 Å². The highest BCUT2D eigenvalue weighted by Gasteiger charge is 2.31. The van der Waals surface area contributed by atoms with E-state index >= 15 is 0 Å². The number of nitrogens with zero attached hydrogens (tertiary/aromatic N) is 2. The SMILES string of the molecule is O=C(O)C1CCN(C(=O)c2cccc(F)n2)C1. The van der Waals surface area contributed by atoms with Crippen molar-refractivity contribution in [1.82, 2.24) is 9.88 Å². The molecule has 1 aromatic rings. The minimum Gasteiger partial charge on any atom is -0.481 e. The van der Waals surface area contributed by atoms with Crippen molar-refractivity contribution in [3.05, 3.63) is 29.8 Å². The van der Waals surface area contributed by atoms with Gasteiger partial charge in [-0.05, 0) is 18.6 Å². The van der Waals surface area contributed by atoms with Crippen LogP contribution < -0.4 is 0 Å². The number of likely N-dealkylation sites (tertiary alicyclic amines) is 1. The number of pyridine rings is 1. The fourth-order valence-corrected chi connectivity index (χ4v) is 1.84. The Kier molecular flexibility index (Phi) is 3.03. The zero-order valence-electron chi connectivity index (χ0n) is 8.97. The molecule has 1 aromatic heterocycles. The van der Waals surface area contributed by atoms with E-state index in [4.69, 9.17) is 5.11 Å². The van der Waals surface area contributed by atoms with Crippen LogP contribution in [0.1, 0.15) is 16.9 Å². The first-order valence-electron chi connectivity index (χ1n) is 5.22. The van der Waals surface area contributed by atoms with Gasteiger partial charge in [-0.15, -0.1) is 0 Å². The van der Waals surface area contributed by atoms with E-state index in [-0.39, 0.29) is 12.2 Å². The standard InChI is InChI=1S/C11H11FN2O3/c12-9-3-1-2-8(13-9)10(15)14-5-4-7(6-14)11(16)17/h1-3,7H,4-6H2,(H,16,17). The largest absolute Gasteiger partial charge is 0.481 e. The molecule has 0 bridgehead atoms. The lowest BCUT2D eigenvalue weighted by molar-refractivity contribution is -0.141. The summed E-state index contributed by atoms with van der Waals surface area (Å²) in [6.45, 7) is 0.528. The molecule has 1 unspecified atom stereocenters. The summed E-state index contributed by atoms with van der Waals surface area (Å²) in [7, 11) is 0. The highest BCUT2D eigenvalue weighted by Crippen LogP contribution is 2.18. The summed E-state index contributed by atoms with van der Waals surface area (Å²) in [5.41, 5.74) is 0.0102. The average molecular weight is 238 g/mol. The van der Waals surface area contributed by atoms with Gasteiger partial charge in [0.15, 0.2) is 0 Å². The molecule has 1 saturated heterocycles. The van der Waals surface area contributed by atoms with E-state index < -0.39 is 23.7 Å². The van der Waals surface area contributed by atoms with Crippen LogP contribution in [0.5, 0.6) is 0 Å². The minimum absolute atomic E-state index is 0.0102. The number of carbonyl (C=O) groups is 2. The highest BCUT2D eigenvalue weighted by molar-refractivity contribution is 5.92. The third-order valence-corrected chi connectivity index (χ3v) is 2.76. The number of amides is 1. The number of hydrogen-bond donors (Lipinski definition) is 1. The van der Waals surface area contributed by atoms with Crippen LogP contribution >= 0.6 is 0 Å². The fraction of sp³-hybridized carbons (Fsp3) is 0.364. The molecular formula is C11H11FN2O3. The van der Waals surface area contributed by atoms with E-state index in [2.05, 4.69) is 4.98 Å². The molecule has 0 spiro atoms. The number of carboxylic acid groups (broad SMARTS) is 1. The summed E-state index contributed by atoms with van der Waals surface area (Å²) in [5.74, 6) is -2.59. The maximum Gasteiger partial charge on any atom is 0.308 e. The first kappa shape index (κ1) is 11.5. The van der Waals surface area contributed by atoms with Crippen LogP contribution in [0.2, 0.25) is 0 Å². The Morgan fingerprint density at radius 3 is 2.82 bits per heavy atom. The van der Waals surface area contributed by atoms with Gasteiger partial charge in [0.2, 0.25) is 5.95 Å². The zero-order chi connectivity index (χ0) is 12.4. The number of aliphatic carboxylic acids is 1. The summed E-state index contributed by atoms with van der Waals surface area (Å²) < 4.78 is 12.8. The van der Waals surface area contributed by atoms with E-state index in [0.717, 1.165) is 6.07 Å². The highest BCUT2D eigenvalue weighted by atomic mass is 19.1. The minimum atomic E-state index is -0.910. The third kappa shape index (κ3) is 2.41. The lowest BCUT2D eigenvalue weighted by Crippen LogP contribution is -2.30. The summed E-state index contributed by atoms with van der Waals surface area (Å²) in [6.07, 6.45) is 0.427. The van der Waals surface area contributed by atoms with Crippen LogP contribution in [0.3, 0.4) is 0 Å². The molecule has 17 heavy (non-hydrogen) atoms. The Morgan fingerprint density at radius 2 is 2.24 bits per heavy atom. The second-order valence-corrected chi connectivity index (χ2v) is 3.92. The van der Waals surface area contributed by atoms with E-state index in [1.54, 1.807) is 0 Å². The molecular weight excluding hydrogens is 227 g/mol. The number of hydrogen-bond acceptors (Lipinski definition) is 3. The molecule has 1 aliphatic heterocycles. The third-order valence-electron chi connectivity index (χ3n) is 2.76. The summed E-state index contributed by atoms with van der Waals surface area (Å²) in [4.78, 5) is 27.5. The van der Waals surface area contributed by atoms with E-state index in [1.165, 1.54) is 17.0 Å². The van der Waals surface area contributed by atoms with Crippen LogP contribution in [0.25, 0.3) is 0 Å². The first-order chi connectivity index (χ1) is 8.08. The van der Waals surface area contributed by atoms with E-state index in [0.29, 0.717) is 13.0 Å². The van der Waals surface area contributed by atoms with Crippen molar-refractivity contribution in [2.75, 3.05) is 13.1 Å². The summed E-state index contributed by atoms with van der Waals surface area (Å²) in [5, 5.41) is 8.81. The Balaban J connectivity index is 2.09. The molecule has 1 aliphatic rings. The molecule has 5 nitrogen and oxygen atoms in total. The number of carboxylic acids is 1. The molecule has 1 amide bonds. The molecule has 1 atom stereocenters. The molecule has 0 saturated carbocycles.